The van der Waals surface area contributed by atoms with Gasteiger partial charge in [-0.1, -0.05) is 58.3 Å². The second kappa shape index (κ2) is 19.9. The van der Waals surface area contributed by atoms with Crippen molar-refractivity contribution in [2.45, 2.75) is 97.1 Å². The van der Waals surface area contributed by atoms with Gasteiger partial charge < -0.3 is 30.2 Å². The average Bonchev–Trinajstić information content (AvgIpc) is 2.62. The fourth-order valence-corrected chi connectivity index (χ4v) is 2.43. The van der Waals surface area contributed by atoms with Crippen LogP contribution in [0.3, 0.4) is 0 Å². The third kappa shape index (κ3) is 31.5. The maximum atomic E-state index is 9.80. The van der Waals surface area contributed by atoms with Gasteiger partial charge in [-0.25, -0.2) is 4.79 Å². The first kappa shape index (κ1) is 29.8. The quantitative estimate of drug-likeness (QED) is 0.259. The molecular formula is C22H43NO6. The van der Waals surface area contributed by atoms with E-state index in [4.69, 9.17) is 9.84 Å². The monoisotopic (exact) mass is 417 g/mol. The summed E-state index contributed by atoms with van der Waals surface area (Å²) < 4.78 is 5.55. The van der Waals surface area contributed by atoms with E-state index < -0.39 is 11.9 Å². The number of carboxylic acid groups (broad SMARTS) is 2. The van der Waals surface area contributed by atoms with Gasteiger partial charge in [-0.05, 0) is 33.3 Å². The molecule has 0 bridgehead atoms. The van der Waals surface area contributed by atoms with Gasteiger partial charge in [0.1, 0.15) is 12.6 Å². The van der Waals surface area contributed by atoms with Crippen LogP contribution in [0.5, 0.6) is 0 Å². The van der Waals surface area contributed by atoms with Crippen molar-refractivity contribution in [1.82, 2.24) is 0 Å². The SMILES string of the molecule is CCCCCCCCCCCOCC(O)C[NH2+]C(C)(C)C.O=C([O-])/C=C/C(=O)O. The number of carboxylic acids is 2. The molecule has 29 heavy (non-hydrogen) atoms. The van der Waals surface area contributed by atoms with Crippen molar-refractivity contribution in [1.29, 1.82) is 0 Å². The maximum Gasteiger partial charge on any atom is 0.328 e. The molecule has 0 aromatic rings. The van der Waals surface area contributed by atoms with Crippen molar-refractivity contribution in [3.05, 3.63) is 12.2 Å². The van der Waals surface area contributed by atoms with Crippen LogP contribution >= 0.6 is 0 Å². The minimum absolute atomic E-state index is 0.179. The molecular weight excluding hydrogens is 374 g/mol. The van der Waals surface area contributed by atoms with E-state index in [9.17, 15) is 19.8 Å². The summed E-state index contributed by atoms with van der Waals surface area (Å²) in [5.41, 5.74) is 0.179. The summed E-state index contributed by atoms with van der Waals surface area (Å²) in [5, 5.41) is 29.2. The van der Waals surface area contributed by atoms with Crippen LogP contribution in [0, 0.1) is 0 Å². The molecule has 0 fully saturated rings. The molecule has 0 aliphatic rings. The van der Waals surface area contributed by atoms with Crippen LogP contribution in [0.15, 0.2) is 12.2 Å². The van der Waals surface area contributed by atoms with Crippen LogP contribution in [-0.4, -0.2) is 53.6 Å². The van der Waals surface area contributed by atoms with Gasteiger partial charge in [0.25, 0.3) is 0 Å². The number of quaternary nitrogens is 1. The molecule has 0 spiro atoms. The van der Waals surface area contributed by atoms with Crippen molar-refractivity contribution in [2.24, 2.45) is 0 Å². The molecule has 0 aromatic heterocycles. The average molecular weight is 418 g/mol. The Kier molecular flexibility index (Phi) is 20.4. The minimum atomic E-state index is -1.51. The summed E-state index contributed by atoms with van der Waals surface area (Å²) in [5.74, 6) is -2.80. The van der Waals surface area contributed by atoms with E-state index in [0.717, 1.165) is 19.6 Å². The summed E-state index contributed by atoms with van der Waals surface area (Å²) in [7, 11) is 0. The van der Waals surface area contributed by atoms with E-state index in [1.165, 1.54) is 51.4 Å². The lowest BCUT2D eigenvalue weighted by molar-refractivity contribution is -0.722. The van der Waals surface area contributed by atoms with Crippen molar-refractivity contribution < 1.29 is 35.0 Å². The lowest BCUT2D eigenvalue weighted by Gasteiger charge is -2.19. The molecule has 0 amide bonds. The number of ether oxygens (including phenoxy) is 1. The highest BCUT2D eigenvalue weighted by atomic mass is 16.5. The smallest absolute Gasteiger partial charge is 0.328 e. The normalized spacial score (nSPS) is 12.4. The van der Waals surface area contributed by atoms with Gasteiger partial charge in [0.2, 0.25) is 0 Å². The zero-order chi connectivity index (χ0) is 22.5. The Labute approximate surface area is 176 Å². The zero-order valence-corrected chi connectivity index (χ0v) is 18.8. The Morgan fingerprint density at radius 2 is 1.52 bits per heavy atom. The van der Waals surface area contributed by atoms with E-state index in [-0.39, 0.29) is 11.6 Å². The molecule has 0 aliphatic heterocycles. The molecule has 0 radical (unpaired) electrons. The molecule has 0 rings (SSSR count). The highest BCUT2D eigenvalue weighted by Gasteiger charge is 2.15. The van der Waals surface area contributed by atoms with E-state index in [2.05, 4.69) is 33.0 Å². The zero-order valence-electron chi connectivity index (χ0n) is 18.8. The number of carbonyl (C=O) groups is 2. The van der Waals surface area contributed by atoms with Gasteiger partial charge in [-0.3, -0.25) is 0 Å². The summed E-state index contributed by atoms with van der Waals surface area (Å²) >= 11 is 0. The van der Waals surface area contributed by atoms with Gasteiger partial charge >= 0.3 is 5.97 Å². The summed E-state index contributed by atoms with van der Waals surface area (Å²) in [4.78, 5) is 19.0. The number of aliphatic carboxylic acids is 2. The minimum Gasteiger partial charge on any atom is -0.545 e. The highest BCUT2D eigenvalue weighted by molar-refractivity contribution is 5.88. The van der Waals surface area contributed by atoms with Crippen molar-refractivity contribution >= 4 is 11.9 Å². The van der Waals surface area contributed by atoms with Gasteiger partial charge in [-0.15, -0.1) is 0 Å². The third-order valence-corrected chi connectivity index (χ3v) is 4.07. The van der Waals surface area contributed by atoms with Crippen LogP contribution in [0.4, 0.5) is 0 Å². The number of unbranched alkanes of at least 4 members (excludes halogenated alkanes) is 8. The molecule has 7 nitrogen and oxygen atoms in total. The number of aliphatic hydroxyl groups is 1. The Hall–Kier alpha value is -1.44. The molecule has 0 saturated carbocycles. The number of aliphatic hydroxyl groups excluding tert-OH is 1. The number of hydrogen-bond acceptors (Lipinski definition) is 5. The third-order valence-electron chi connectivity index (χ3n) is 4.07. The first-order valence-electron chi connectivity index (χ1n) is 10.8. The van der Waals surface area contributed by atoms with Crippen molar-refractivity contribution in [3.8, 4) is 0 Å². The van der Waals surface area contributed by atoms with E-state index >= 15 is 0 Å². The lowest BCUT2D eigenvalue weighted by atomic mass is 10.1. The molecule has 0 saturated heterocycles. The van der Waals surface area contributed by atoms with Gasteiger partial charge in [0.15, 0.2) is 0 Å². The van der Waals surface area contributed by atoms with Crippen LogP contribution in [0.2, 0.25) is 0 Å². The number of hydrogen-bond donors (Lipinski definition) is 3. The first-order valence-corrected chi connectivity index (χ1v) is 10.8. The summed E-state index contributed by atoms with van der Waals surface area (Å²) in [6, 6.07) is 0. The fraction of sp³-hybridized carbons (Fsp3) is 0.818. The first-order chi connectivity index (χ1) is 13.6. The number of rotatable bonds is 16. The van der Waals surface area contributed by atoms with E-state index in [1.807, 2.05) is 0 Å². The Morgan fingerprint density at radius 3 is 1.93 bits per heavy atom. The van der Waals surface area contributed by atoms with Gasteiger partial charge in [0, 0.05) is 12.7 Å². The fourth-order valence-electron chi connectivity index (χ4n) is 2.43. The van der Waals surface area contributed by atoms with Crippen LogP contribution < -0.4 is 10.4 Å². The van der Waals surface area contributed by atoms with E-state index in [1.54, 1.807) is 0 Å². The Bertz CT molecular complexity index is 416. The largest absolute Gasteiger partial charge is 0.545 e. The second-order valence-corrected chi connectivity index (χ2v) is 8.35. The molecule has 1 atom stereocenters. The van der Waals surface area contributed by atoms with Gasteiger partial charge in [-0.2, -0.15) is 0 Å². The standard InChI is InChI=1S/C18H39NO2.C4H4O4/c1-5-6-7-8-9-10-11-12-13-14-21-16-17(20)15-19-18(2,3)4;5-3(6)1-2-4(7)8/h17,19-20H,5-16H2,1-4H3;1-2H,(H,5,6)(H,7,8)/b;2-1+. The van der Waals surface area contributed by atoms with Crippen LogP contribution in [-0.2, 0) is 14.3 Å². The van der Waals surface area contributed by atoms with Crippen LogP contribution in [0.25, 0.3) is 0 Å². The number of nitrogens with two attached hydrogens (primary N) is 1. The molecule has 7 heteroatoms. The molecule has 0 aromatic carbocycles. The molecule has 0 aliphatic carbocycles. The van der Waals surface area contributed by atoms with Crippen molar-refractivity contribution in [3.63, 3.8) is 0 Å². The summed E-state index contributed by atoms with van der Waals surface area (Å²) in [6.45, 7) is 10.7. The molecule has 172 valence electrons. The van der Waals surface area contributed by atoms with Crippen LogP contribution in [0.1, 0.15) is 85.5 Å². The number of carbonyl (C=O) groups excluding carboxylic acids is 1. The topological polar surface area (TPSA) is 124 Å². The van der Waals surface area contributed by atoms with E-state index in [0.29, 0.717) is 18.8 Å². The Balaban J connectivity index is 0. The molecule has 0 heterocycles. The molecule has 4 N–H and O–H groups in total. The predicted molar refractivity (Wildman–Crippen MR) is 112 cm³/mol. The molecule has 1 unspecified atom stereocenters. The maximum absolute atomic E-state index is 9.80. The van der Waals surface area contributed by atoms with Crippen molar-refractivity contribution in [2.75, 3.05) is 19.8 Å². The van der Waals surface area contributed by atoms with Gasteiger partial charge in [0.05, 0.1) is 18.1 Å². The summed E-state index contributed by atoms with van der Waals surface area (Å²) in [6.07, 6.45) is 12.6. The predicted octanol–water partition coefficient (Wildman–Crippen LogP) is 1.63. The highest BCUT2D eigenvalue weighted by Crippen LogP contribution is 2.09. The second-order valence-electron chi connectivity index (χ2n) is 8.35. The lowest BCUT2D eigenvalue weighted by Crippen LogP contribution is -2.96. The Morgan fingerprint density at radius 1 is 1.00 bits per heavy atom.